The van der Waals surface area contributed by atoms with Crippen LogP contribution in [0.4, 0.5) is 13.2 Å². The van der Waals surface area contributed by atoms with Crippen molar-refractivity contribution in [1.82, 2.24) is 20.2 Å². The van der Waals surface area contributed by atoms with Gasteiger partial charge in [0.15, 0.2) is 17.3 Å². The number of likely N-dealkylation sites (tertiary alicyclic amines) is 1. The Hall–Kier alpha value is -3.11. The molecule has 4 heterocycles. The number of pyridine rings is 2. The number of methoxy groups -OCH3 is 1. The fourth-order valence-electron chi connectivity index (χ4n) is 4.63. The van der Waals surface area contributed by atoms with E-state index >= 15 is 0 Å². The molecule has 10 heteroatoms. The van der Waals surface area contributed by atoms with Gasteiger partial charge in [-0.2, -0.15) is 0 Å². The Kier molecular flexibility index (Phi) is 6.92. The summed E-state index contributed by atoms with van der Waals surface area (Å²) in [5.41, 5.74) is 1.21. The first-order valence-corrected chi connectivity index (χ1v) is 11.7. The molecule has 1 saturated heterocycles. The van der Waals surface area contributed by atoms with Crippen LogP contribution in [-0.4, -0.2) is 67.0 Å². The number of fused-ring (bicyclic) bond motifs is 2. The second-order valence-electron chi connectivity index (χ2n) is 8.75. The Bertz CT molecular complexity index is 1210. The summed E-state index contributed by atoms with van der Waals surface area (Å²) < 4.78 is 60.1. The molecule has 1 aromatic carbocycles. The molecule has 1 fully saturated rings. The van der Waals surface area contributed by atoms with Gasteiger partial charge in [0.25, 0.3) is 0 Å². The molecular formula is C25H27F3N4O3. The van der Waals surface area contributed by atoms with Crippen molar-refractivity contribution in [2.45, 2.75) is 31.6 Å². The molecule has 0 amide bonds. The number of piperidine rings is 1. The lowest BCUT2D eigenvalue weighted by Crippen LogP contribution is -2.51. The standard InChI is InChI=1S/C25H27F3N4O3/c1-33-16-9-18-17(20(27)12-31-25(18)19(26)10-16)2-4-32-5-3-22(21(28)14-32)30-11-15-8-23-24(13-29-15)35-7-6-34-23/h8-10,12-13,21-22,30H,2-7,11,14H2,1H3/t21-,22+/m1/s1. The average molecular weight is 489 g/mol. The van der Waals surface area contributed by atoms with Crippen molar-refractivity contribution in [3.05, 3.63) is 53.5 Å². The van der Waals surface area contributed by atoms with Gasteiger partial charge in [0.1, 0.15) is 36.5 Å². The molecular weight excluding hydrogens is 461 g/mol. The number of nitrogens with zero attached hydrogens (tertiary/aromatic N) is 3. The van der Waals surface area contributed by atoms with Gasteiger partial charge in [0.2, 0.25) is 0 Å². The normalized spacial score (nSPS) is 20.2. The lowest BCUT2D eigenvalue weighted by atomic mass is 10.0. The largest absolute Gasteiger partial charge is 0.497 e. The molecule has 186 valence electrons. The molecule has 0 aliphatic carbocycles. The number of benzene rings is 1. The van der Waals surface area contributed by atoms with Crippen molar-refractivity contribution in [2.75, 3.05) is 40.0 Å². The van der Waals surface area contributed by atoms with Crippen molar-refractivity contribution in [3.8, 4) is 17.2 Å². The van der Waals surface area contributed by atoms with Gasteiger partial charge in [-0.25, -0.2) is 13.2 Å². The number of ether oxygens (including phenoxy) is 3. The quantitative estimate of drug-likeness (QED) is 0.547. The fraction of sp³-hybridized carbons (Fsp3) is 0.440. The van der Waals surface area contributed by atoms with Crippen molar-refractivity contribution < 1.29 is 27.4 Å². The number of hydrogen-bond acceptors (Lipinski definition) is 7. The van der Waals surface area contributed by atoms with Crippen LogP contribution in [-0.2, 0) is 13.0 Å². The minimum absolute atomic E-state index is 0.0984. The summed E-state index contributed by atoms with van der Waals surface area (Å²) in [5, 5.41) is 3.63. The zero-order valence-corrected chi connectivity index (χ0v) is 19.4. The summed E-state index contributed by atoms with van der Waals surface area (Å²) in [6.45, 7) is 2.76. The Balaban J connectivity index is 1.18. The molecule has 0 radical (unpaired) electrons. The second kappa shape index (κ2) is 10.2. The highest BCUT2D eigenvalue weighted by Crippen LogP contribution is 2.30. The van der Waals surface area contributed by atoms with Gasteiger partial charge in [-0.05, 0) is 25.5 Å². The van der Waals surface area contributed by atoms with Gasteiger partial charge in [-0.15, -0.1) is 0 Å². The Morgan fingerprint density at radius 2 is 1.91 bits per heavy atom. The molecule has 7 nitrogen and oxygen atoms in total. The van der Waals surface area contributed by atoms with E-state index < -0.39 is 17.8 Å². The Morgan fingerprint density at radius 3 is 2.71 bits per heavy atom. The molecule has 2 aromatic heterocycles. The van der Waals surface area contributed by atoms with E-state index in [1.807, 2.05) is 11.0 Å². The molecule has 5 rings (SSSR count). The lowest BCUT2D eigenvalue weighted by molar-refractivity contribution is 0.103. The summed E-state index contributed by atoms with van der Waals surface area (Å²) in [4.78, 5) is 10.2. The minimum Gasteiger partial charge on any atom is -0.497 e. The van der Waals surface area contributed by atoms with Crippen LogP contribution in [0.5, 0.6) is 17.2 Å². The van der Waals surface area contributed by atoms with Gasteiger partial charge in [0.05, 0.1) is 25.2 Å². The van der Waals surface area contributed by atoms with Crippen LogP contribution in [0.25, 0.3) is 10.9 Å². The highest BCUT2D eigenvalue weighted by atomic mass is 19.1. The third-order valence-electron chi connectivity index (χ3n) is 6.53. The van der Waals surface area contributed by atoms with Crippen LogP contribution in [0.1, 0.15) is 17.7 Å². The number of halogens is 3. The monoisotopic (exact) mass is 488 g/mol. The SMILES string of the molecule is COc1cc(F)c2ncc(F)c(CCN3CC[C@H](NCc4cc5c(cn4)OCCO5)[C@H](F)C3)c2c1. The van der Waals surface area contributed by atoms with Crippen LogP contribution >= 0.6 is 0 Å². The molecule has 2 aliphatic heterocycles. The van der Waals surface area contributed by atoms with E-state index in [1.165, 1.54) is 13.2 Å². The van der Waals surface area contributed by atoms with Crippen LogP contribution in [0.15, 0.2) is 30.6 Å². The minimum atomic E-state index is -1.09. The van der Waals surface area contributed by atoms with Gasteiger partial charge < -0.3 is 19.5 Å². The Morgan fingerprint density at radius 1 is 1.09 bits per heavy atom. The first-order valence-electron chi connectivity index (χ1n) is 11.7. The summed E-state index contributed by atoms with van der Waals surface area (Å²) in [6, 6.07) is 4.32. The maximum absolute atomic E-state index is 15.0. The number of rotatable bonds is 7. The second-order valence-corrected chi connectivity index (χ2v) is 8.75. The smallest absolute Gasteiger partial charge is 0.179 e. The zero-order valence-electron chi connectivity index (χ0n) is 19.4. The molecule has 0 saturated carbocycles. The van der Waals surface area contributed by atoms with Crippen LogP contribution in [0.3, 0.4) is 0 Å². The van der Waals surface area contributed by atoms with E-state index in [-0.39, 0.29) is 18.1 Å². The predicted molar refractivity (Wildman–Crippen MR) is 124 cm³/mol. The van der Waals surface area contributed by atoms with Gasteiger partial charge in [-0.1, -0.05) is 0 Å². The van der Waals surface area contributed by atoms with Crippen LogP contribution in [0, 0.1) is 11.6 Å². The van der Waals surface area contributed by atoms with Crippen LogP contribution < -0.4 is 19.5 Å². The van der Waals surface area contributed by atoms with E-state index in [9.17, 15) is 13.2 Å². The third kappa shape index (κ3) is 5.13. The number of hydrogen-bond donors (Lipinski definition) is 1. The van der Waals surface area contributed by atoms with Gasteiger partial charge >= 0.3 is 0 Å². The average Bonchev–Trinajstić information content (AvgIpc) is 2.87. The molecule has 35 heavy (non-hydrogen) atoms. The molecule has 2 aliphatic rings. The van der Waals surface area contributed by atoms with E-state index in [4.69, 9.17) is 14.2 Å². The first-order chi connectivity index (χ1) is 17.0. The first kappa shape index (κ1) is 23.6. The molecule has 0 unspecified atom stereocenters. The topological polar surface area (TPSA) is 68.7 Å². The molecule has 2 atom stereocenters. The van der Waals surface area contributed by atoms with E-state index in [0.29, 0.717) is 73.9 Å². The predicted octanol–water partition coefficient (Wildman–Crippen LogP) is 3.43. The number of nitrogens with one attached hydrogen (secondary N) is 1. The maximum atomic E-state index is 15.0. The molecule has 0 bridgehead atoms. The van der Waals surface area contributed by atoms with E-state index in [0.717, 1.165) is 11.9 Å². The van der Waals surface area contributed by atoms with Crippen molar-refractivity contribution in [2.24, 2.45) is 0 Å². The fourth-order valence-corrected chi connectivity index (χ4v) is 4.63. The summed E-state index contributed by atoms with van der Waals surface area (Å²) >= 11 is 0. The van der Waals surface area contributed by atoms with E-state index in [2.05, 4.69) is 15.3 Å². The zero-order chi connectivity index (χ0) is 24.4. The summed E-state index contributed by atoms with van der Waals surface area (Å²) in [6.07, 6.45) is 2.49. The molecule has 0 spiro atoms. The molecule has 1 N–H and O–H groups in total. The van der Waals surface area contributed by atoms with Crippen molar-refractivity contribution >= 4 is 10.9 Å². The number of alkyl halides is 1. The number of aromatic nitrogens is 2. The highest BCUT2D eigenvalue weighted by Gasteiger charge is 2.29. The lowest BCUT2D eigenvalue weighted by Gasteiger charge is -2.35. The van der Waals surface area contributed by atoms with Gasteiger partial charge in [-0.3, -0.25) is 14.9 Å². The van der Waals surface area contributed by atoms with Crippen molar-refractivity contribution in [3.63, 3.8) is 0 Å². The highest BCUT2D eigenvalue weighted by molar-refractivity contribution is 5.84. The third-order valence-corrected chi connectivity index (χ3v) is 6.53. The maximum Gasteiger partial charge on any atom is 0.179 e. The van der Waals surface area contributed by atoms with E-state index in [1.54, 1.807) is 12.3 Å². The van der Waals surface area contributed by atoms with Crippen LogP contribution in [0.2, 0.25) is 0 Å². The molecule has 3 aromatic rings. The van der Waals surface area contributed by atoms with Crippen molar-refractivity contribution in [1.29, 1.82) is 0 Å². The Labute approximate surface area is 201 Å². The summed E-state index contributed by atoms with van der Waals surface area (Å²) in [7, 11) is 1.43. The van der Waals surface area contributed by atoms with Gasteiger partial charge in [0, 0.05) is 48.8 Å². The summed E-state index contributed by atoms with van der Waals surface area (Å²) in [5.74, 6) is 0.500.